The number of para-hydroxylation sites is 1. The van der Waals surface area contributed by atoms with Crippen LogP contribution in [-0.2, 0) is 12.0 Å². The number of rotatable bonds is 5. The van der Waals surface area contributed by atoms with Crippen LogP contribution in [0.15, 0.2) is 65.7 Å². The van der Waals surface area contributed by atoms with Crippen molar-refractivity contribution in [3.05, 3.63) is 71.9 Å². The van der Waals surface area contributed by atoms with E-state index in [0.717, 1.165) is 24.7 Å². The molecule has 0 radical (unpaired) electrons. The number of hydrogen-bond donors (Lipinski definition) is 3. The number of hydrogen-bond acceptors (Lipinski definition) is 1. The van der Waals surface area contributed by atoms with Crippen LogP contribution in [0, 0.1) is 0 Å². The molecule has 4 rings (SSSR count). The predicted molar refractivity (Wildman–Crippen MR) is 119 cm³/mol. The van der Waals surface area contributed by atoms with E-state index in [1.807, 2.05) is 7.05 Å². The van der Waals surface area contributed by atoms with Gasteiger partial charge in [-0.15, -0.1) is 24.0 Å². The van der Waals surface area contributed by atoms with E-state index in [0.29, 0.717) is 0 Å². The summed E-state index contributed by atoms with van der Waals surface area (Å²) >= 11 is 0. The Bertz CT molecular complexity index is 848. The van der Waals surface area contributed by atoms with Crippen molar-refractivity contribution in [2.75, 3.05) is 13.6 Å². The first-order valence-corrected chi connectivity index (χ1v) is 8.86. The first-order valence-electron chi connectivity index (χ1n) is 8.86. The van der Waals surface area contributed by atoms with Gasteiger partial charge in [-0.3, -0.25) is 4.99 Å². The molecule has 1 aliphatic carbocycles. The Morgan fingerprint density at radius 2 is 1.77 bits per heavy atom. The van der Waals surface area contributed by atoms with Crippen LogP contribution in [0.3, 0.4) is 0 Å². The van der Waals surface area contributed by atoms with Crippen molar-refractivity contribution >= 4 is 40.8 Å². The van der Waals surface area contributed by atoms with Gasteiger partial charge in [0.05, 0.1) is 6.54 Å². The van der Waals surface area contributed by atoms with Crippen LogP contribution in [-0.4, -0.2) is 24.5 Å². The molecule has 0 bridgehead atoms. The van der Waals surface area contributed by atoms with Crippen LogP contribution in [0.25, 0.3) is 10.9 Å². The van der Waals surface area contributed by atoms with Crippen molar-refractivity contribution in [3.63, 3.8) is 0 Å². The van der Waals surface area contributed by atoms with Crippen LogP contribution in [0.5, 0.6) is 0 Å². The average molecular weight is 460 g/mol. The summed E-state index contributed by atoms with van der Waals surface area (Å²) in [4.78, 5) is 7.80. The summed E-state index contributed by atoms with van der Waals surface area (Å²) in [5.41, 5.74) is 4.03. The first kappa shape index (κ1) is 18.8. The Morgan fingerprint density at radius 1 is 1.04 bits per heavy atom. The number of nitrogens with one attached hydrogen (secondary N) is 3. The van der Waals surface area contributed by atoms with Gasteiger partial charge < -0.3 is 15.6 Å². The van der Waals surface area contributed by atoms with E-state index in [1.54, 1.807) is 0 Å². The summed E-state index contributed by atoms with van der Waals surface area (Å²) in [6.45, 7) is 1.65. The maximum atomic E-state index is 4.36. The van der Waals surface area contributed by atoms with E-state index < -0.39 is 0 Å². The summed E-state index contributed by atoms with van der Waals surface area (Å²) in [5.74, 6) is 0.848. The van der Waals surface area contributed by atoms with Crippen LogP contribution < -0.4 is 10.6 Å². The normalized spacial score (nSPS) is 15.3. The highest BCUT2D eigenvalue weighted by molar-refractivity contribution is 14.0. The zero-order chi connectivity index (χ0) is 17.1. The summed E-state index contributed by atoms with van der Waals surface area (Å²) in [6.07, 6.45) is 2.48. The van der Waals surface area contributed by atoms with E-state index in [1.165, 1.54) is 29.3 Å². The number of guanidine groups is 1. The van der Waals surface area contributed by atoms with Crippen LogP contribution in [0.2, 0.25) is 0 Å². The Hall–Kier alpha value is -2.02. The van der Waals surface area contributed by atoms with Gasteiger partial charge in [0.2, 0.25) is 0 Å². The number of benzene rings is 2. The fourth-order valence-corrected chi connectivity index (χ4v) is 3.39. The number of nitrogens with zero attached hydrogens (tertiary/aromatic N) is 1. The van der Waals surface area contributed by atoms with Crippen molar-refractivity contribution in [1.82, 2.24) is 15.6 Å². The van der Waals surface area contributed by atoms with Gasteiger partial charge >= 0.3 is 0 Å². The van der Waals surface area contributed by atoms with Crippen LogP contribution in [0.4, 0.5) is 0 Å². The van der Waals surface area contributed by atoms with Gasteiger partial charge in [-0.25, -0.2) is 0 Å². The molecule has 0 unspecified atom stereocenters. The monoisotopic (exact) mass is 460 g/mol. The summed E-state index contributed by atoms with van der Waals surface area (Å²) in [6, 6.07) is 21.3. The van der Waals surface area contributed by atoms with Gasteiger partial charge in [-0.05, 0) is 35.9 Å². The Labute approximate surface area is 171 Å². The van der Waals surface area contributed by atoms with E-state index in [9.17, 15) is 0 Å². The number of H-pyrrole nitrogens is 1. The molecule has 0 amide bonds. The Balaban J connectivity index is 0.00000196. The second-order valence-corrected chi connectivity index (χ2v) is 6.81. The summed E-state index contributed by atoms with van der Waals surface area (Å²) in [7, 11) is 1.82. The molecule has 3 aromatic rings. The minimum absolute atomic E-state index is 0. The lowest BCUT2D eigenvalue weighted by Crippen LogP contribution is -2.40. The molecule has 1 saturated carbocycles. The molecule has 2 aromatic carbocycles. The lowest BCUT2D eigenvalue weighted by atomic mass is 9.96. The minimum Gasteiger partial charge on any atom is -0.357 e. The summed E-state index contributed by atoms with van der Waals surface area (Å²) < 4.78 is 0. The second-order valence-electron chi connectivity index (χ2n) is 6.81. The summed E-state index contributed by atoms with van der Waals surface area (Å²) in [5, 5.41) is 8.14. The van der Waals surface area contributed by atoms with Crippen molar-refractivity contribution in [2.45, 2.75) is 24.8 Å². The number of aromatic amines is 1. The Morgan fingerprint density at radius 3 is 2.46 bits per heavy atom. The van der Waals surface area contributed by atoms with Crippen molar-refractivity contribution in [3.8, 4) is 0 Å². The molecule has 0 aliphatic heterocycles. The second kappa shape index (κ2) is 8.12. The molecule has 0 saturated heterocycles. The van der Waals surface area contributed by atoms with Gasteiger partial charge in [-0.2, -0.15) is 0 Å². The molecule has 5 heteroatoms. The molecular formula is C21H25IN4. The molecular weight excluding hydrogens is 435 g/mol. The van der Waals surface area contributed by atoms with E-state index >= 15 is 0 Å². The van der Waals surface area contributed by atoms with Gasteiger partial charge in [0.25, 0.3) is 0 Å². The third kappa shape index (κ3) is 4.03. The molecule has 26 heavy (non-hydrogen) atoms. The highest BCUT2D eigenvalue weighted by Gasteiger charge is 2.43. The zero-order valence-electron chi connectivity index (χ0n) is 15.0. The number of aliphatic imine (C=N–C) groups is 1. The zero-order valence-corrected chi connectivity index (χ0v) is 17.3. The van der Waals surface area contributed by atoms with Crippen LogP contribution in [0.1, 0.15) is 24.1 Å². The number of halogens is 1. The lowest BCUT2D eigenvalue weighted by molar-refractivity contribution is 0.645. The van der Waals surface area contributed by atoms with Crippen molar-refractivity contribution in [2.24, 2.45) is 4.99 Å². The van der Waals surface area contributed by atoms with Crippen molar-refractivity contribution in [1.29, 1.82) is 0 Å². The molecule has 3 N–H and O–H groups in total. The molecule has 1 aliphatic rings. The molecule has 0 spiro atoms. The maximum absolute atomic E-state index is 4.36. The van der Waals surface area contributed by atoms with E-state index in [2.05, 4.69) is 81.3 Å². The lowest BCUT2D eigenvalue weighted by Gasteiger charge is -2.19. The first-order chi connectivity index (χ1) is 12.3. The number of aromatic nitrogens is 1. The SMILES string of the molecule is CN=C(NCc1cc2ccccc2[nH]1)NCC1(c2ccccc2)CC1.I. The third-order valence-corrected chi connectivity index (χ3v) is 5.09. The van der Waals surface area contributed by atoms with Crippen LogP contribution >= 0.6 is 24.0 Å². The van der Waals surface area contributed by atoms with Gasteiger partial charge in [0.1, 0.15) is 0 Å². The van der Waals surface area contributed by atoms with E-state index in [4.69, 9.17) is 0 Å². The maximum Gasteiger partial charge on any atom is 0.191 e. The molecule has 0 atom stereocenters. The minimum atomic E-state index is 0. The number of fused-ring (bicyclic) bond motifs is 1. The molecule has 136 valence electrons. The van der Waals surface area contributed by atoms with Gasteiger partial charge in [0, 0.05) is 30.2 Å². The molecule has 1 heterocycles. The largest absolute Gasteiger partial charge is 0.357 e. The van der Waals surface area contributed by atoms with Crippen molar-refractivity contribution < 1.29 is 0 Å². The average Bonchev–Trinajstić information content (AvgIpc) is 3.34. The van der Waals surface area contributed by atoms with E-state index in [-0.39, 0.29) is 29.4 Å². The Kier molecular flexibility index (Phi) is 5.86. The highest BCUT2D eigenvalue weighted by Crippen LogP contribution is 2.47. The smallest absolute Gasteiger partial charge is 0.191 e. The highest BCUT2D eigenvalue weighted by atomic mass is 127. The topological polar surface area (TPSA) is 52.2 Å². The fraction of sp³-hybridized carbons (Fsp3) is 0.286. The quantitative estimate of drug-likeness (QED) is 0.304. The molecule has 1 fully saturated rings. The molecule has 1 aromatic heterocycles. The molecule has 4 nitrogen and oxygen atoms in total. The fourth-order valence-electron chi connectivity index (χ4n) is 3.39. The standard InChI is InChI=1S/C21H24N4.HI/c1-22-20(23-14-18-13-16-7-5-6-10-19(16)25-18)24-15-21(11-12-21)17-8-3-2-4-9-17;/h2-10,13,25H,11-12,14-15H2,1H3,(H2,22,23,24);1H. The van der Waals surface area contributed by atoms with Gasteiger partial charge in [-0.1, -0.05) is 48.5 Å². The van der Waals surface area contributed by atoms with Gasteiger partial charge in [0.15, 0.2) is 5.96 Å². The predicted octanol–water partition coefficient (Wildman–Crippen LogP) is 4.18. The third-order valence-electron chi connectivity index (χ3n) is 5.09.